The highest BCUT2D eigenvalue weighted by atomic mass is 15.4. The van der Waals surface area contributed by atoms with Gasteiger partial charge in [0.15, 0.2) is 0 Å². The Bertz CT molecular complexity index is 582. The fourth-order valence-corrected chi connectivity index (χ4v) is 2.48. The van der Waals surface area contributed by atoms with Gasteiger partial charge in [-0.2, -0.15) is 0 Å². The molecule has 0 spiro atoms. The summed E-state index contributed by atoms with van der Waals surface area (Å²) in [5.41, 5.74) is 4.72. The third kappa shape index (κ3) is 1.45. The Hall–Kier alpha value is -2.10. The van der Waals surface area contributed by atoms with Gasteiger partial charge in [0.1, 0.15) is 6.17 Å². The molecule has 3 rings (SSSR count). The summed E-state index contributed by atoms with van der Waals surface area (Å²) in [6.07, 6.45) is 7.77. The molecule has 18 heavy (non-hydrogen) atoms. The highest BCUT2D eigenvalue weighted by Crippen LogP contribution is 2.42. The van der Waals surface area contributed by atoms with E-state index in [0.717, 1.165) is 11.4 Å². The van der Waals surface area contributed by atoms with Crippen LogP contribution in [0.4, 0.5) is 17.1 Å². The van der Waals surface area contributed by atoms with Crippen molar-refractivity contribution >= 4 is 17.1 Å². The van der Waals surface area contributed by atoms with Crippen LogP contribution >= 0.6 is 0 Å². The van der Waals surface area contributed by atoms with E-state index in [-0.39, 0.29) is 6.17 Å². The zero-order valence-electron chi connectivity index (χ0n) is 10.8. The summed E-state index contributed by atoms with van der Waals surface area (Å²) in [5.74, 6) is 0. The first-order valence-electron chi connectivity index (χ1n) is 6.07. The van der Waals surface area contributed by atoms with Crippen molar-refractivity contribution in [3.63, 3.8) is 0 Å². The van der Waals surface area contributed by atoms with Crippen molar-refractivity contribution in [2.24, 2.45) is 0 Å². The zero-order chi connectivity index (χ0) is 12.7. The van der Waals surface area contributed by atoms with Crippen molar-refractivity contribution in [3.05, 3.63) is 42.5 Å². The molecule has 0 amide bonds. The number of hydrogen-bond acceptors (Lipinski definition) is 4. The first-order chi connectivity index (χ1) is 8.70. The standard InChI is InChI=1S/C14H16N4/c1-10-4-6-15-8-13(10)18-11(2)17(3)12-5-7-16-9-14(12)18/h4-9,11H,1-3H3. The topological polar surface area (TPSA) is 32.3 Å². The maximum atomic E-state index is 4.24. The third-order valence-electron chi connectivity index (χ3n) is 3.62. The summed E-state index contributed by atoms with van der Waals surface area (Å²) in [5, 5.41) is 0. The van der Waals surface area contributed by atoms with Crippen LogP contribution in [0.15, 0.2) is 36.9 Å². The monoisotopic (exact) mass is 240 g/mol. The van der Waals surface area contributed by atoms with Crippen LogP contribution < -0.4 is 9.80 Å². The maximum Gasteiger partial charge on any atom is 0.103 e. The van der Waals surface area contributed by atoms with E-state index in [0.29, 0.717) is 0 Å². The van der Waals surface area contributed by atoms with Crippen molar-refractivity contribution in [3.8, 4) is 0 Å². The van der Waals surface area contributed by atoms with Crippen molar-refractivity contribution < 1.29 is 0 Å². The predicted octanol–water partition coefficient (Wildman–Crippen LogP) is 2.72. The van der Waals surface area contributed by atoms with Gasteiger partial charge in [-0.05, 0) is 31.5 Å². The van der Waals surface area contributed by atoms with Crippen molar-refractivity contribution in [1.82, 2.24) is 9.97 Å². The Balaban J connectivity index is 2.16. The summed E-state index contributed by atoms with van der Waals surface area (Å²) < 4.78 is 0. The number of anilines is 3. The molecule has 0 fully saturated rings. The van der Waals surface area contributed by atoms with Gasteiger partial charge in [-0.1, -0.05) is 0 Å². The lowest BCUT2D eigenvalue weighted by atomic mass is 10.2. The van der Waals surface area contributed by atoms with E-state index in [1.54, 1.807) is 0 Å². The molecule has 1 unspecified atom stereocenters. The summed E-state index contributed by atoms with van der Waals surface area (Å²) in [6, 6.07) is 4.09. The Morgan fingerprint density at radius 3 is 2.39 bits per heavy atom. The minimum Gasteiger partial charge on any atom is -0.352 e. The van der Waals surface area contributed by atoms with Gasteiger partial charge in [0.25, 0.3) is 0 Å². The predicted molar refractivity (Wildman–Crippen MR) is 73.2 cm³/mol. The number of aryl methyl sites for hydroxylation is 1. The van der Waals surface area contributed by atoms with E-state index in [4.69, 9.17) is 0 Å². The van der Waals surface area contributed by atoms with Gasteiger partial charge < -0.3 is 9.80 Å². The molecule has 0 aliphatic carbocycles. The van der Waals surface area contributed by atoms with Crippen LogP contribution in [0.3, 0.4) is 0 Å². The Kier molecular flexibility index (Phi) is 2.44. The van der Waals surface area contributed by atoms with E-state index < -0.39 is 0 Å². The number of aromatic nitrogens is 2. The fraction of sp³-hybridized carbons (Fsp3) is 0.286. The Labute approximate surface area is 107 Å². The van der Waals surface area contributed by atoms with Gasteiger partial charge in [-0.25, -0.2) is 0 Å². The smallest absolute Gasteiger partial charge is 0.103 e. The van der Waals surface area contributed by atoms with Crippen LogP contribution in [-0.2, 0) is 0 Å². The molecule has 0 aromatic carbocycles. The fourth-order valence-electron chi connectivity index (χ4n) is 2.48. The van der Waals surface area contributed by atoms with E-state index in [1.165, 1.54) is 11.3 Å². The molecular weight excluding hydrogens is 224 g/mol. The third-order valence-corrected chi connectivity index (χ3v) is 3.62. The number of pyridine rings is 2. The first-order valence-corrected chi connectivity index (χ1v) is 6.07. The molecule has 0 bridgehead atoms. The second-order valence-corrected chi connectivity index (χ2v) is 4.64. The van der Waals surface area contributed by atoms with Gasteiger partial charge >= 0.3 is 0 Å². The average Bonchev–Trinajstić information content (AvgIpc) is 2.64. The molecule has 0 saturated heterocycles. The number of hydrogen-bond donors (Lipinski definition) is 0. The van der Waals surface area contributed by atoms with Crippen LogP contribution in [0.25, 0.3) is 0 Å². The molecule has 0 N–H and O–H groups in total. The Morgan fingerprint density at radius 2 is 1.67 bits per heavy atom. The van der Waals surface area contributed by atoms with E-state index in [1.807, 2.05) is 30.9 Å². The van der Waals surface area contributed by atoms with Crippen molar-refractivity contribution in [2.45, 2.75) is 20.0 Å². The summed E-state index contributed by atoms with van der Waals surface area (Å²) in [7, 11) is 2.11. The highest BCUT2D eigenvalue weighted by Gasteiger charge is 2.32. The molecule has 0 saturated carbocycles. The minimum absolute atomic E-state index is 0.270. The molecule has 1 aliphatic rings. The van der Waals surface area contributed by atoms with Crippen LogP contribution in [0.1, 0.15) is 12.5 Å². The van der Waals surface area contributed by atoms with Gasteiger partial charge in [-0.3, -0.25) is 9.97 Å². The summed E-state index contributed by atoms with van der Waals surface area (Å²) in [4.78, 5) is 13.0. The average molecular weight is 240 g/mol. The lowest BCUT2D eigenvalue weighted by molar-refractivity contribution is 0.731. The van der Waals surface area contributed by atoms with Crippen molar-refractivity contribution in [2.75, 3.05) is 16.8 Å². The molecule has 3 heterocycles. The second kappa shape index (κ2) is 3.98. The Morgan fingerprint density at radius 1 is 1.00 bits per heavy atom. The molecule has 1 atom stereocenters. The molecule has 4 heteroatoms. The van der Waals surface area contributed by atoms with Gasteiger partial charge in [0.2, 0.25) is 0 Å². The van der Waals surface area contributed by atoms with E-state index in [2.05, 4.69) is 46.7 Å². The molecule has 0 radical (unpaired) electrons. The summed E-state index contributed by atoms with van der Waals surface area (Å²) in [6.45, 7) is 4.30. The molecule has 1 aliphatic heterocycles. The lowest BCUT2D eigenvalue weighted by Gasteiger charge is -2.28. The normalized spacial score (nSPS) is 18.1. The van der Waals surface area contributed by atoms with E-state index >= 15 is 0 Å². The molecular formula is C14H16N4. The van der Waals surface area contributed by atoms with Crippen molar-refractivity contribution in [1.29, 1.82) is 0 Å². The number of fused-ring (bicyclic) bond motifs is 1. The molecule has 92 valence electrons. The highest BCUT2D eigenvalue weighted by molar-refractivity contribution is 5.83. The number of rotatable bonds is 1. The lowest BCUT2D eigenvalue weighted by Crippen LogP contribution is -2.35. The zero-order valence-corrected chi connectivity index (χ0v) is 10.8. The largest absolute Gasteiger partial charge is 0.352 e. The van der Waals surface area contributed by atoms with Crippen LogP contribution in [0, 0.1) is 6.92 Å². The quantitative estimate of drug-likeness (QED) is 0.767. The molecule has 2 aromatic heterocycles. The first kappa shape index (κ1) is 11.0. The summed E-state index contributed by atoms with van der Waals surface area (Å²) >= 11 is 0. The van der Waals surface area contributed by atoms with Crippen LogP contribution in [0.5, 0.6) is 0 Å². The SMILES string of the molecule is Cc1ccncc1N1c2cnccc2N(C)C1C. The molecule has 2 aromatic rings. The van der Waals surface area contributed by atoms with Crippen LogP contribution in [-0.4, -0.2) is 23.2 Å². The van der Waals surface area contributed by atoms with Gasteiger partial charge in [0.05, 0.1) is 29.5 Å². The minimum atomic E-state index is 0.270. The number of nitrogens with zero attached hydrogens (tertiary/aromatic N) is 4. The second-order valence-electron chi connectivity index (χ2n) is 4.64. The van der Waals surface area contributed by atoms with E-state index in [9.17, 15) is 0 Å². The van der Waals surface area contributed by atoms with Gasteiger partial charge in [0, 0.05) is 19.4 Å². The molecule has 4 nitrogen and oxygen atoms in total. The van der Waals surface area contributed by atoms with Gasteiger partial charge in [-0.15, -0.1) is 0 Å². The maximum absolute atomic E-state index is 4.24. The van der Waals surface area contributed by atoms with Crippen LogP contribution in [0.2, 0.25) is 0 Å².